The highest BCUT2D eigenvalue weighted by Crippen LogP contribution is 2.22. The van der Waals surface area contributed by atoms with Crippen LogP contribution in [0.1, 0.15) is 23.2 Å². The zero-order valence-corrected chi connectivity index (χ0v) is 10.8. The Balaban J connectivity index is 2.24. The maximum atomic E-state index is 13.6. The molecule has 0 aromatic heterocycles. The van der Waals surface area contributed by atoms with E-state index in [1.807, 2.05) is 0 Å². The van der Waals surface area contributed by atoms with Crippen molar-refractivity contribution >= 4 is 21.8 Å². The quantitative estimate of drug-likeness (QED) is 0.910. The molecule has 2 rings (SSSR count). The summed E-state index contributed by atoms with van der Waals surface area (Å²) in [6.45, 7) is 0.517. The molecule has 1 aliphatic rings. The molecule has 0 radical (unpaired) electrons. The Morgan fingerprint density at radius 2 is 2.35 bits per heavy atom. The summed E-state index contributed by atoms with van der Waals surface area (Å²) in [5.74, 6) is -0.875. The molecule has 1 amide bonds. The maximum absolute atomic E-state index is 13.6. The van der Waals surface area contributed by atoms with Gasteiger partial charge in [-0.05, 0) is 31.0 Å². The Labute approximate surface area is 107 Å². The van der Waals surface area contributed by atoms with Crippen molar-refractivity contribution in [3.63, 3.8) is 0 Å². The van der Waals surface area contributed by atoms with Gasteiger partial charge < -0.3 is 10.0 Å². The fourth-order valence-corrected chi connectivity index (χ4v) is 2.44. The SMILES string of the molecule is O=C(c1ccc(Br)cc1F)N1CCC[C@@H]1CO. The molecular weight excluding hydrogens is 289 g/mol. The predicted molar refractivity (Wildman–Crippen MR) is 65.2 cm³/mol. The van der Waals surface area contributed by atoms with Gasteiger partial charge in [-0.1, -0.05) is 15.9 Å². The van der Waals surface area contributed by atoms with Crippen LogP contribution in [-0.2, 0) is 0 Å². The molecule has 1 heterocycles. The Hall–Kier alpha value is -0.940. The van der Waals surface area contributed by atoms with Gasteiger partial charge in [0.25, 0.3) is 5.91 Å². The number of hydrogen-bond donors (Lipinski definition) is 1. The van der Waals surface area contributed by atoms with Crippen molar-refractivity contribution in [2.75, 3.05) is 13.2 Å². The lowest BCUT2D eigenvalue weighted by Gasteiger charge is -2.23. The summed E-state index contributed by atoms with van der Waals surface area (Å²) in [6.07, 6.45) is 1.63. The van der Waals surface area contributed by atoms with Gasteiger partial charge in [-0.15, -0.1) is 0 Å². The van der Waals surface area contributed by atoms with E-state index in [4.69, 9.17) is 5.11 Å². The third-order valence-corrected chi connectivity index (χ3v) is 3.50. The van der Waals surface area contributed by atoms with E-state index in [1.165, 1.54) is 12.1 Å². The first-order valence-corrected chi connectivity index (χ1v) is 6.29. The van der Waals surface area contributed by atoms with Crippen molar-refractivity contribution < 1.29 is 14.3 Å². The van der Waals surface area contributed by atoms with Crippen molar-refractivity contribution in [2.24, 2.45) is 0 Å². The van der Waals surface area contributed by atoms with E-state index in [2.05, 4.69) is 15.9 Å². The normalized spacial score (nSPS) is 19.7. The summed E-state index contributed by atoms with van der Waals surface area (Å²) in [6, 6.07) is 4.21. The third-order valence-electron chi connectivity index (χ3n) is 3.01. The Kier molecular flexibility index (Phi) is 3.79. The fraction of sp³-hybridized carbons (Fsp3) is 0.417. The van der Waals surface area contributed by atoms with Crippen LogP contribution in [0.4, 0.5) is 4.39 Å². The van der Waals surface area contributed by atoms with E-state index in [0.717, 1.165) is 12.8 Å². The number of likely N-dealkylation sites (tertiary alicyclic amines) is 1. The van der Waals surface area contributed by atoms with Crippen LogP contribution < -0.4 is 0 Å². The fourth-order valence-electron chi connectivity index (χ4n) is 2.11. The second-order valence-corrected chi connectivity index (χ2v) is 5.02. The second-order valence-electron chi connectivity index (χ2n) is 4.10. The molecule has 1 fully saturated rings. The highest BCUT2D eigenvalue weighted by Gasteiger charge is 2.29. The van der Waals surface area contributed by atoms with Gasteiger partial charge in [0.1, 0.15) is 5.82 Å². The number of carbonyl (C=O) groups excluding carboxylic acids is 1. The smallest absolute Gasteiger partial charge is 0.257 e. The standard InChI is InChI=1S/C12H13BrFNO2/c13-8-3-4-10(11(14)6-8)12(17)15-5-1-2-9(15)7-16/h3-4,6,9,16H,1-2,5,7H2/t9-/m1/s1. The van der Waals surface area contributed by atoms with Crippen molar-refractivity contribution in [2.45, 2.75) is 18.9 Å². The van der Waals surface area contributed by atoms with Crippen molar-refractivity contribution in [1.82, 2.24) is 4.90 Å². The Morgan fingerprint density at radius 1 is 1.59 bits per heavy atom. The molecule has 1 atom stereocenters. The van der Waals surface area contributed by atoms with Gasteiger partial charge in [0.2, 0.25) is 0 Å². The zero-order valence-electron chi connectivity index (χ0n) is 9.20. The summed E-state index contributed by atoms with van der Waals surface area (Å²) in [5.41, 5.74) is 0.0635. The lowest BCUT2D eigenvalue weighted by atomic mass is 10.1. The van der Waals surface area contributed by atoms with Crippen LogP contribution in [0.2, 0.25) is 0 Å². The van der Waals surface area contributed by atoms with E-state index in [0.29, 0.717) is 11.0 Å². The summed E-state index contributed by atoms with van der Waals surface area (Å²) < 4.78 is 14.2. The van der Waals surface area contributed by atoms with Gasteiger partial charge in [-0.25, -0.2) is 4.39 Å². The van der Waals surface area contributed by atoms with Gasteiger partial charge in [0.15, 0.2) is 0 Å². The van der Waals surface area contributed by atoms with E-state index >= 15 is 0 Å². The van der Waals surface area contributed by atoms with E-state index in [1.54, 1.807) is 11.0 Å². The highest BCUT2D eigenvalue weighted by atomic mass is 79.9. The number of amides is 1. The average molecular weight is 302 g/mol. The van der Waals surface area contributed by atoms with Crippen LogP contribution in [-0.4, -0.2) is 35.1 Å². The molecule has 1 N–H and O–H groups in total. The van der Waals surface area contributed by atoms with Crippen LogP contribution in [0.3, 0.4) is 0 Å². The lowest BCUT2D eigenvalue weighted by molar-refractivity contribution is 0.0673. The van der Waals surface area contributed by atoms with E-state index in [-0.39, 0.29) is 24.1 Å². The van der Waals surface area contributed by atoms with Gasteiger partial charge in [0, 0.05) is 11.0 Å². The molecule has 0 spiro atoms. The molecule has 1 aliphatic heterocycles. The van der Waals surface area contributed by atoms with Gasteiger partial charge >= 0.3 is 0 Å². The number of nitrogens with zero attached hydrogens (tertiary/aromatic N) is 1. The van der Waals surface area contributed by atoms with Crippen molar-refractivity contribution in [3.05, 3.63) is 34.1 Å². The highest BCUT2D eigenvalue weighted by molar-refractivity contribution is 9.10. The molecule has 1 aromatic carbocycles. The summed E-state index contributed by atoms with van der Waals surface area (Å²) in [5, 5.41) is 9.15. The summed E-state index contributed by atoms with van der Waals surface area (Å²) >= 11 is 3.15. The second kappa shape index (κ2) is 5.14. The molecule has 0 aliphatic carbocycles. The topological polar surface area (TPSA) is 40.5 Å². The van der Waals surface area contributed by atoms with Crippen LogP contribution in [0, 0.1) is 5.82 Å². The van der Waals surface area contributed by atoms with Crippen molar-refractivity contribution in [3.8, 4) is 0 Å². The number of aliphatic hydroxyl groups excluding tert-OH is 1. The largest absolute Gasteiger partial charge is 0.394 e. The molecule has 5 heteroatoms. The van der Waals surface area contributed by atoms with Crippen LogP contribution >= 0.6 is 15.9 Å². The minimum Gasteiger partial charge on any atom is -0.394 e. The van der Waals surface area contributed by atoms with Gasteiger partial charge in [-0.3, -0.25) is 4.79 Å². The number of hydrogen-bond acceptors (Lipinski definition) is 2. The molecule has 0 unspecified atom stereocenters. The van der Waals surface area contributed by atoms with Gasteiger partial charge in [-0.2, -0.15) is 0 Å². The van der Waals surface area contributed by atoms with Crippen molar-refractivity contribution in [1.29, 1.82) is 0 Å². The monoisotopic (exact) mass is 301 g/mol. The lowest BCUT2D eigenvalue weighted by Crippen LogP contribution is -2.38. The summed E-state index contributed by atoms with van der Waals surface area (Å²) in [4.78, 5) is 13.7. The first-order chi connectivity index (χ1) is 8.13. The Morgan fingerprint density at radius 3 is 3.00 bits per heavy atom. The zero-order chi connectivity index (χ0) is 12.4. The molecule has 92 valence electrons. The number of rotatable bonds is 2. The molecule has 0 bridgehead atoms. The average Bonchev–Trinajstić information content (AvgIpc) is 2.76. The van der Waals surface area contributed by atoms with E-state index in [9.17, 15) is 9.18 Å². The minimum atomic E-state index is -0.534. The maximum Gasteiger partial charge on any atom is 0.257 e. The predicted octanol–water partition coefficient (Wildman–Crippen LogP) is 2.19. The number of carbonyl (C=O) groups is 1. The first-order valence-electron chi connectivity index (χ1n) is 5.50. The molecule has 17 heavy (non-hydrogen) atoms. The first kappa shape index (κ1) is 12.5. The van der Waals surface area contributed by atoms with E-state index < -0.39 is 5.82 Å². The van der Waals surface area contributed by atoms with Crippen LogP contribution in [0.15, 0.2) is 22.7 Å². The summed E-state index contributed by atoms with van der Waals surface area (Å²) in [7, 11) is 0. The number of benzene rings is 1. The van der Waals surface area contributed by atoms with Gasteiger partial charge in [0.05, 0.1) is 18.2 Å². The number of halogens is 2. The Bertz CT molecular complexity index is 439. The minimum absolute atomic E-state index is 0.0635. The van der Waals surface area contributed by atoms with Crippen LogP contribution in [0.5, 0.6) is 0 Å². The molecule has 0 saturated carbocycles. The van der Waals surface area contributed by atoms with Crippen LogP contribution in [0.25, 0.3) is 0 Å². The molecule has 1 aromatic rings. The third kappa shape index (κ3) is 2.50. The number of aliphatic hydroxyl groups is 1. The molecule has 3 nitrogen and oxygen atoms in total. The molecular formula is C12H13BrFNO2. The molecule has 1 saturated heterocycles.